The first kappa shape index (κ1) is 17.0. The molecule has 6 heteroatoms. The molecule has 1 aromatic carbocycles. The summed E-state index contributed by atoms with van der Waals surface area (Å²) in [4.78, 5) is 29.5. The first-order valence-electron chi connectivity index (χ1n) is 8.53. The van der Waals surface area contributed by atoms with Crippen LogP contribution in [0.3, 0.4) is 0 Å². The molecule has 1 N–H and O–H groups in total. The number of fused-ring (bicyclic) bond motifs is 1. The molecule has 1 aliphatic rings. The van der Waals surface area contributed by atoms with E-state index in [1.54, 1.807) is 4.57 Å². The van der Waals surface area contributed by atoms with Crippen LogP contribution in [0.1, 0.15) is 45.6 Å². The molecule has 24 heavy (non-hydrogen) atoms. The molecule has 2 aromatic rings. The molecule has 1 fully saturated rings. The van der Waals surface area contributed by atoms with Crippen molar-refractivity contribution in [3.05, 3.63) is 34.6 Å². The molecule has 5 nitrogen and oxygen atoms in total. The highest BCUT2D eigenvalue weighted by atomic mass is 32.2. The molecule has 0 aliphatic heterocycles. The Balaban J connectivity index is 1.80. The van der Waals surface area contributed by atoms with E-state index in [1.807, 2.05) is 31.2 Å². The maximum absolute atomic E-state index is 12.7. The maximum Gasteiger partial charge on any atom is 0.262 e. The van der Waals surface area contributed by atoms with Gasteiger partial charge in [-0.25, -0.2) is 4.98 Å². The lowest BCUT2D eigenvalue weighted by Gasteiger charge is -2.14. The minimum atomic E-state index is -0.00861. The van der Waals surface area contributed by atoms with Gasteiger partial charge >= 0.3 is 0 Å². The number of aromatic nitrogens is 2. The zero-order valence-electron chi connectivity index (χ0n) is 14.1. The second-order valence-electron chi connectivity index (χ2n) is 6.36. The molecule has 3 rings (SSSR count). The van der Waals surface area contributed by atoms with Crippen LogP contribution in [-0.4, -0.2) is 27.3 Å². The Morgan fingerprint density at radius 3 is 2.88 bits per heavy atom. The molecule has 1 atom stereocenters. The van der Waals surface area contributed by atoms with Crippen LogP contribution in [0.15, 0.2) is 34.2 Å². The van der Waals surface area contributed by atoms with E-state index in [-0.39, 0.29) is 29.3 Å². The molecule has 0 saturated heterocycles. The van der Waals surface area contributed by atoms with E-state index < -0.39 is 0 Å². The van der Waals surface area contributed by atoms with Crippen molar-refractivity contribution in [3.8, 4) is 0 Å². The standard InChI is InChI=1S/C18H23N3O2S/c1-3-6-12(2)19-16(22)11-24-18-20-15-8-5-4-7-14(15)17(23)21(18)13-9-10-13/h4-5,7-8,12-13H,3,6,9-11H2,1-2H3,(H,19,22)/t12-/m0/s1. The monoisotopic (exact) mass is 345 g/mol. The SMILES string of the molecule is CCC[C@H](C)NC(=O)CSc1nc2ccccc2c(=O)n1C1CC1. The number of hydrogen-bond donors (Lipinski definition) is 1. The molecular weight excluding hydrogens is 322 g/mol. The van der Waals surface area contributed by atoms with Crippen LogP contribution in [-0.2, 0) is 4.79 Å². The Morgan fingerprint density at radius 2 is 2.17 bits per heavy atom. The fraction of sp³-hybridized carbons (Fsp3) is 0.500. The van der Waals surface area contributed by atoms with Gasteiger partial charge in [0.2, 0.25) is 5.91 Å². The Labute approximate surface area is 145 Å². The highest BCUT2D eigenvalue weighted by Gasteiger charge is 2.28. The number of amides is 1. The third kappa shape index (κ3) is 3.80. The van der Waals surface area contributed by atoms with E-state index >= 15 is 0 Å². The molecule has 1 aliphatic carbocycles. The van der Waals surface area contributed by atoms with Gasteiger partial charge in [0.25, 0.3) is 5.56 Å². The van der Waals surface area contributed by atoms with Crippen LogP contribution < -0.4 is 10.9 Å². The summed E-state index contributed by atoms with van der Waals surface area (Å²) in [6.07, 6.45) is 4.03. The largest absolute Gasteiger partial charge is 0.353 e. The van der Waals surface area contributed by atoms with Crippen molar-refractivity contribution < 1.29 is 4.79 Å². The molecule has 0 unspecified atom stereocenters. The highest BCUT2D eigenvalue weighted by molar-refractivity contribution is 7.99. The predicted octanol–water partition coefficient (Wildman–Crippen LogP) is 3.13. The Morgan fingerprint density at radius 1 is 1.42 bits per heavy atom. The summed E-state index contributed by atoms with van der Waals surface area (Å²) in [6.45, 7) is 4.12. The van der Waals surface area contributed by atoms with Crippen molar-refractivity contribution in [1.29, 1.82) is 0 Å². The second kappa shape index (κ2) is 7.38. The maximum atomic E-state index is 12.7. The Hall–Kier alpha value is -1.82. The molecule has 0 radical (unpaired) electrons. The Bertz CT molecular complexity index is 798. The zero-order valence-corrected chi connectivity index (χ0v) is 14.9. The third-order valence-corrected chi connectivity index (χ3v) is 5.10. The van der Waals surface area contributed by atoms with Crippen molar-refractivity contribution in [2.75, 3.05) is 5.75 Å². The van der Waals surface area contributed by atoms with Crippen molar-refractivity contribution >= 4 is 28.6 Å². The van der Waals surface area contributed by atoms with Gasteiger partial charge in [-0.3, -0.25) is 14.2 Å². The number of nitrogens with zero attached hydrogens (tertiary/aromatic N) is 2. The summed E-state index contributed by atoms with van der Waals surface area (Å²) in [5.41, 5.74) is 0.701. The topological polar surface area (TPSA) is 64.0 Å². The summed E-state index contributed by atoms with van der Waals surface area (Å²) in [6, 6.07) is 7.82. The van der Waals surface area contributed by atoms with Crippen molar-refractivity contribution in [1.82, 2.24) is 14.9 Å². The van der Waals surface area contributed by atoms with Crippen molar-refractivity contribution in [2.45, 2.75) is 56.8 Å². The molecule has 0 spiro atoms. The van der Waals surface area contributed by atoms with Crippen LogP contribution in [0.2, 0.25) is 0 Å². The Kier molecular flexibility index (Phi) is 5.23. The van der Waals surface area contributed by atoms with Gasteiger partial charge in [-0.05, 0) is 38.3 Å². The van der Waals surface area contributed by atoms with Crippen LogP contribution in [0.25, 0.3) is 10.9 Å². The average molecular weight is 345 g/mol. The predicted molar refractivity (Wildman–Crippen MR) is 97.5 cm³/mol. The lowest BCUT2D eigenvalue weighted by Crippen LogP contribution is -2.34. The minimum Gasteiger partial charge on any atom is -0.353 e. The van der Waals surface area contributed by atoms with Crippen molar-refractivity contribution in [3.63, 3.8) is 0 Å². The lowest BCUT2D eigenvalue weighted by atomic mass is 10.2. The lowest BCUT2D eigenvalue weighted by molar-refractivity contribution is -0.119. The summed E-state index contributed by atoms with van der Waals surface area (Å²) in [7, 11) is 0. The summed E-state index contributed by atoms with van der Waals surface area (Å²) >= 11 is 1.35. The molecule has 1 aromatic heterocycles. The smallest absolute Gasteiger partial charge is 0.262 e. The van der Waals surface area contributed by atoms with E-state index in [0.29, 0.717) is 16.1 Å². The van der Waals surface area contributed by atoms with Gasteiger partial charge in [0.05, 0.1) is 16.7 Å². The van der Waals surface area contributed by atoms with Crippen LogP contribution in [0.4, 0.5) is 0 Å². The number of benzene rings is 1. The number of hydrogen-bond acceptors (Lipinski definition) is 4. The van der Waals surface area contributed by atoms with Crippen molar-refractivity contribution in [2.24, 2.45) is 0 Å². The molecule has 1 amide bonds. The third-order valence-electron chi connectivity index (χ3n) is 4.15. The fourth-order valence-electron chi connectivity index (χ4n) is 2.83. The fourth-order valence-corrected chi connectivity index (χ4v) is 3.71. The molecular formula is C18H23N3O2S. The number of carbonyl (C=O) groups is 1. The van der Waals surface area contributed by atoms with E-state index in [4.69, 9.17) is 0 Å². The van der Waals surface area contributed by atoms with E-state index in [0.717, 1.165) is 25.7 Å². The number of thioether (sulfide) groups is 1. The quantitative estimate of drug-likeness (QED) is 0.618. The number of rotatable bonds is 7. The second-order valence-corrected chi connectivity index (χ2v) is 7.31. The molecule has 1 saturated carbocycles. The van der Waals surface area contributed by atoms with E-state index in [2.05, 4.69) is 17.2 Å². The first-order chi connectivity index (χ1) is 11.6. The zero-order chi connectivity index (χ0) is 17.1. The van der Waals surface area contributed by atoms with E-state index in [9.17, 15) is 9.59 Å². The van der Waals surface area contributed by atoms with Gasteiger partial charge < -0.3 is 5.32 Å². The van der Waals surface area contributed by atoms with Gasteiger partial charge in [-0.15, -0.1) is 0 Å². The number of nitrogens with one attached hydrogen (secondary N) is 1. The average Bonchev–Trinajstić information content (AvgIpc) is 3.38. The highest BCUT2D eigenvalue weighted by Crippen LogP contribution is 2.36. The normalized spacial score (nSPS) is 15.4. The number of para-hydroxylation sites is 1. The van der Waals surface area contributed by atoms with Gasteiger partial charge in [0.1, 0.15) is 0 Å². The van der Waals surface area contributed by atoms with Gasteiger partial charge in [0, 0.05) is 12.1 Å². The van der Waals surface area contributed by atoms with Gasteiger partial charge in [-0.1, -0.05) is 37.2 Å². The number of carbonyl (C=O) groups excluding carboxylic acids is 1. The van der Waals surface area contributed by atoms with Crippen LogP contribution in [0, 0.1) is 0 Å². The molecule has 0 bridgehead atoms. The minimum absolute atomic E-state index is 0.00496. The molecule has 128 valence electrons. The summed E-state index contributed by atoms with van der Waals surface area (Å²) in [5.74, 6) is 0.275. The van der Waals surface area contributed by atoms with E-state index in [1.165, 1.54) is 11.8 Å². The summed E-state index contributed by atoms with van der Waals surface area (Å²) in [5, 5.41) is 4.29. The molecule has 1 heterocycles. The van der Waals surface area contributed by atoms with Gasteiger partial charge in [0.15, 0.2) is 5.16 Å². The summed E-state index contributed by atoms with van der Waals surface area (Å²) < 4.78 is 1.77. The first-order valence-corrected chi connectivity index (χ1v) is 9.52. The van der Waals surface area contributed by atoms with Crippen LogP contribution in [0.5, 0.6) is 0 Å². The van der Waals surface area contributed by atoms with Crippen LogP contribution >= 0.6 is 11.8 Å². The van der Waals surface area contributed by atoms with Gasteiger partial charge in [-0.2, -0.15) is 0 Å².